The first-order valence-electron chi connectivity index (χ1n) is 21.8. The number of para-hydroxylation sites is 1. The number of rotatable bonds is 17. The molecule has 2 aliphatic rings. The first-order chi connectivity index (χ1) is 30.2. The smallest absolute Gasteiger partial charge is 0.260 e. The number of amides is 3. The highest BCUT2D eigenvalue weighted by Crippen LogP contribution is 2.37. The Labute approximate surface area is 361 Å². The van der Waals surface area contributed by atoms with Crippen molar-refractivity contribution >= 4 is 39.5 Å². The second-order valence-electron chi connectivity index (χ2n) is 16.3. The van der Waals surface area contributed by atoms with Crippen molar-refractivity contribution in [1.82, 2.24) is 29.5 Å². The molecule has 0 saturated carbocycles. The van der Waals surface area contributed by atoms with Crippen molar-refractivity contribution in [3.05, 3.63) is 108 Å². The molecule has 1 atom stereocenters. The summed E-state index contributed by atoms with van der Waals surface area (Å²) in [6, 6.07) is 26.8. The Bertz CT molecular complexity index is 2540. The van der Waals surface area contributed by atoms with E-state index in [1.54, 1.807) is 11.7 Å². The zero-order valence-electron chi connectivity index (χ0n) is 35.8. The number of imide groups is 1. The lowest BCUT2D eigenvalue weighted by Crippen LogP contribution is -2.50. The van der Waals surface area contributed by atoms with Crippen molar-refractivity contribution in [2.24, 2.45) is 7.05 Å². The van der Waals surface area contributed by atoms with Gasteiger partial charge in [-0.05, 0) is 117 Å². The van der Waals surface area contributed by atoms with E-state index in [2.05, 4.69) is 58.0 Å². The number of fused-ring (bicyclic) bond motifs is 2. The van der Waals surface area contributed by atoms with E-state index in [4.69, 9.17) is 14.2 Å². The Kier molecular flexibility index (Phi) is 13.2. The number of nitrogens with zero attached hydrogens (tertiary/aromatic N) is 5. The van der Waals surface area contributed by atoms with Crippen LogP contribution in [0, 0.1) is 12.7 Å². The third-order valence-electron chi connectivity index (χ3n) is 12.1. The number of halogens is 1. The number of aryl methyl sites for hydroxylation is 2. The SMILES string of the molecule is CCCCOc1ccc2c(c1)c(C)c(-c1ccc(F)cc1)n2Cc1ccc(OCCCCN2CCN(C(=O)COc3cccc4c(C5CCC(=O)NC5=O)nn(C)c34)CC2)cc1. The summed E-state index contributed by atoms with van der Waals surface area (Å²) in [4.78, 5) is 41.7. The highest BCUT2D eigenvalue weighted by molar-refractivity contribution is 6.03. The van der Waals surface area contributed by atoms with Gasteiger partial charge in [0.2, 0.25) is 11.8 Å². The normalized spacial score (nSPS) is 15.9. The standard InChI is InChI=1S/C49H55FN6O6/c1-4-5-28-61-38-19-21-42-41(30-38)33(2)47(35-13-15-36(50)16-14-35)56(42)31-34-11-17-37(18-12-34)60-29-7-6-23-54-24-26-55(27-25-54)45(58)32-62-43-10-8-9-39-46(52-53(3)48(39)43)40-20-22-44(57)51-49(40)59/h8-19,21,30,40H,4-7,20,22-29,31-32H2,1-3H3,(H,51,57,59). The number of nitrogens with one attached hydrogen (secondary N) is 1. The maximum Gasteiger partial charge on any atom is 0.260 e. The van der Waals surface area contributed by atoms with Crippen molar-refractivity contribution in [3.63, 3.8) is 0 Å². The summed E-state index contributed by atoms with van der Waals surface area (Å²) in [5.74, 6) is 0.777. The average molecular weight is 843 g/mol. The molecule has 0 spiro atoms. The molecular formula is C49H55FN6O6. The van der Waals surface area contributed by atoms with Gasteiger partial charge >= 0.3 is 0 Å². The highest BCUT2D eigenvalue weighted by atomic mass is 19.1. The number of hydrogen-bond acceptors (Lipinski definition) is 8. The quantitative estimate of drug-likeness (QED) is 0.0731. The van der Waals surface area contributed by atoms with E-state index >= 15 is 0 Å². The van der Waals surface area contributed by atoms with Gasteiger partial charge in [0.25, 0.3) is 5.91 Å². The molecule has 12 nitrogen and oxygen atoms in total. The molecule has 2 fully saturated rings. The predicted molar refractivity (Wildman–Crippen MR) is 237 cm³/mol. The second-order valence-corrected chi connectivity index (χ2v) is 16.3. The van der Waals surface area contributed by atoms with E-state index in [-0.39, 0.29) is 36.6 Å². The van der Waals surface area contributed by atoms with Crippen LogP contribution in [0.25, 0.3) is 33.1 Å². The largest absolute Gasteiger partial charge is 0.494 e. The fraction of sp³-hybridized carbons (Fsp3) is 0.388. The van der Waals surface area contributed by atoms with E-state index in [1.165, 1.54) is 12.1 Å². The highest BCUT2D eigenvalue weighted by Gasteiger charge is 2.32. The van der Waals surface area contributed by atoms with Crippen LogP contribution in [0.1, 0.15) is 68.2 Å². The van der Waals surface area contributed by atoms with Crippen LogP contribution >= 0.6 is 0 Å². The fourth-order valence-electron chi connectivity index (χ4n) is 8.68. The maximum absolute atomic E-state index is 13.9. The van der Waals surface area contributed by atoms with Crippen molar-refractivity contribution in [2.75, 3.05) is 52.5 Å². The number of ether oxygens (including phenoxy) is 3. The van der Waals surface area contributed by atoms with Gasteiger partial charge in [-0.1, -0.05) is 37.6 Å². The van der Waals surface area contributed by atoms with Gasteiger partial charge < -0.3 is 23.7 Å². The topological polar surface area (TPSA) is 120 Å². The Morgan fingerprint density at radius 2 is 1.60 bits per heavy atom. The molecule has 2 aromatic heterocycles. The number of unbranched alkanes of at least 4 members (excludes halogenated alkanes) is 2. The number of benzene rings is 4. The van der Waals surface area contributed by atoms with Gasteiger partial charge in [0.1, 0.15) is 28.6 Å². The zero-order chi connectivity index (χ0) is 43.2. The molecule has 324 valence electrons. The Morgan fingerprint density at radius 3 is 2.35 bits per heavy atom. The zero-order valence-corrected chi connectivity index (χ0v) is 35.8. The van der Waals surface area contributed by atoms with Crippen LogP contribution < -0.4 is 19.5 Å². The number of hydrogen-bond donors (Lipinski definition) is 1. The van der Waals surface area contributed by atoms with E-state index in [1.807, 2.05) is 53.4 Å². The molecule has 1 unspecified atom stereocenters. The summed E-state index contributed by atoms with van der Waals surface area (Å²) >= 11 is 0. The molecule has 0 bridgehead atoms. The summed E-state index contributed by atoms with van der Waals surface area (Å²) in [5, 5.41) is 8.93. The predicted octanol–water partition coefficient (Wildman–Crippen LogP) is 7.77. The Hall–Kier alpha value is -6.21. The molecule has 4 aromatic carbocycles. The molecule has 6 aromatic rings. The fourth-order valence-corrected chi connectivity index (χ4v) is 8.68. The van der Waals surface area contributed by atoms with Gasteiger partial charge in [-0.2, -0.15) is 5.10 Å². The van der Waals surface area contributed by atoms with Gasteiger partial charge in [0.05, 0.1) is 30.5 Å². The Balaban J connectivity index is 0.786. The van der Waals surface area contributed by atoms with E-state index < -0.39 is 5.92 Å². The summed E-state index contributed by atoms with van der Waals surface area (Å²) < 4.78 is 36.2. The molecule has 0 radical (unpaired) electrons. The molecule has 2 saturated heterocycles. The van der Waals surface area contributed by atoms with E-state index in [9.17, 15) is 18.8 Å². The molecule has 3 amide bonds. The van der Waals surface area contributed by atoms with Crippen LogP contribution in [-0.2, 0) is 28.0 Å². The minimum Gasteiger partial charge on any atom is -0.494 e. The lowest BCUT2D eigenvalue weighted by atomic mass is 9.93. The molecule has 1 N–H and O–H groups in total. The van der Waals surface area contributed by atoms with E-state index in [0.717, 1.165) is 95.5 Å². The van der Waals surface area contributed by atoms with Gasteiger partial charge in [0, 0.05) is 62.5 Å². The monoisotopic (exact) mass is 842 g/mol. The van der Waals surface area contributed by atoms with Crippen molar-refractivity contribution in [2.45, 2.75) is 64.8 Å². The molecule has 62 heavy (non-hydrogen) atoms. The van der Waals surface area contributed by atoms with Crippen LogP contribution in [0.3, 0.4) is 0 Å². The van der Waals surface area contributed by atoms with Crippen LogP contribution in [0.2, 0.25) is 0 Å². The van der Waals surface area contributed by atoms with Crippen molar-refractivity contribution in [3.8, 4) is 28.5 Å². The molecule has 13 heteroatoms. The second kappa shape index (κ2) is 19.2. The summed E-state index contributed by atoms with van der Waals surface area (Å²) in [5.41, 5.74) is 6.72. The third kappa shape index (κ3) is 9.47. The van der Waals surface area contributed by atoms with Crippen molar-refractivity contribution < 1.29 is 33.0 Å². The number of piperazine rings is 1. The van der Waals surface area contributed by atoms with Gasteiger partial charge in [-0.15, -0.1) is 0 Å². The first-order valence-corrected chi connectivity index (χ1v) is 21.8. The van der Waals surface area contributed by atoms with Crippen molar-refractivity contribution in [1.29, 1.82) is 0 Å². The number of carbonyl (C=O) groups excluding carboxylic acids is 3. The average Bonchev–Trinajstić information content (AvgIpc) is 3.76. The minimum absolute atomic E-state index is 0.0689. The lowest BCUT2D eigenvalue weighted by Gasteiger charge is -2.34. The molecule has 8 rings (SSSR count). The first kappa shape index (κ1) is 42.5. The number of aromatic nitrogens is 3. The third-order valence-corrected chi connectivity index (χ3v) is 12.1. The number of carbonyl (C=O) groups is 3. The Morgan fingerprint density at radius 1 is 0.855 bits per heavy atom. The van der Waals surface area contributed by atoms with Crippen LogP contribution in [-0.4, -0.2) is 94.4 Å². The molecule has 0 aliphatic carbocycles. The minimum atomic E-state index is -0.514. The van der Waals surface area contributed by atoms with Gasteiger partial charge in [-0.25, -0.2) is 4.39 Å². The van der Waals surface area contributed by atoms with Gasteiger partial charge in [0.15, 0.2) is 6.61 Å². The lowest BCUT2D eigenvalue weighted by molar-refractivity contribution is -0.135. The molecule has 4 heterocycles. The summed E-state index contributed by atoms with van der Waals surface area (Å²) in [7, 11) is 1.79. The van der Waals surface area contributed by atoms with Crippen LogP contribution in [0.4, 0.5) is 4.39 Å². The number of piperidine rings is 1. The van der Waals surface area contributed by atoms with E-state index in [0.29, 0.717) is 56.2 Å². The molecule has 2 aliphatic heterocycles. The maximum atomic E-state index is 13.9. The van der Waals surface area contributed by atoms with Crippen LogP contribution in [0.15, 0.2) is 84.9 Å². The van der Waals surface area contributed by atoms with Crippen LogP contribution in [0.5, 0.6) is 17.2 Å². The summed E-state index contributed by atoms with van der Waals surface area (Å²) in [6.07, 6.45) is 4.67. The van der Waals surface area contributed by atoms with Gasteiger partial charge in [-0.3, -0.25) is 29.3 Å². The molecular weight excluding hydrogens is 788 g/mol. The summed E-state index contributed by atoms with van der Waals surface area (Å²) in [6.45, 7) is 9.95.